The summed E-state index contributed by atoms with van der Waals surface area (Å²) in [7, 11) is -4.15. The van der Waals surface area contributed by atoms with Gasteiger partial charge in [-0.15, -0.1) is 0 Å². The molecule has 0 unspecified atom stereocenters. The number of cyclic esters (lactones) is 1. The first-order valence-electron chi connectivity index (χ1n) is 7.94. The number of rotatable bonds is 6. The van der Waals surface area contributed by atoms with E-state index in [2.05, 4.69) is 5.32 Å². The summed E-state index contributed by atoms with van der Waals surface area (Å²) in [6, 6.07) is 10.6. The van der Waals surface area contributed by atoms with Crippen molar-refractivity contribution in [3.63, 3.8) is 0 Å². The number of aryl methyl sites for hydroxylation is 1. The van der Waals surface area contributed by atoms with Crippen molar-refractivity contribution in [2.75, 3.05) is 6.61 Å². The van der Waals surface area contributed by atoms with Crippen LogP contribution in [-0.2, 0) is 19.0 Å². The van der Waals surface area contributed by atoms with E-state index in [1.165, 1.54) is 36.4 Å². The number of hydrogen-bond donors (Lipinski definition) is 1. The van der Waals surface area contributed by atoms with Gasteiger partial charge in [0.15, 0.2) is 0 Å². The lowest BCUT2D eigenvalue weighted by molar-refractivity contribution is -0.384. The molecule has 9 nitrogen and oxygen atoms in total. The van der Waals surface area contributed by atoms with E-state index in [1.807, 2.05) is 6.92 Å². The van der Waals surface area contributed by atoms with Gasteiger partial charge in [0.25, 0.3) is 15.8 Å². The molecule has 1 aliphatic rings. The minimum atomic E-state index is -4.15. The number of benzene rings is 2. The van der Waals surface area contributed by atoms with Gasteiger partial charge in [0.1, 0.15) is 12.7 Å². The number of nitrogens with one attached hydrogen (secondary N) is 1. The van der Waals surface area contributed by atoms with Crippen molar-refractivity contribution in [2.24, 2.45) is 0 Å². The highest BCUT2D eigenvalue weighted by atomic mass is 32.2. The van der Waals surface area contributed by atoms with Crippen LogP contribution in [0.25, 0.3) is 0 Å². The predicted molar refractivity (Wildman–Crippen MR) is 93.6 cm³/mol. The van der Waals surface area contributed by atoms with Gasteiger partial charge < -0.3 is 10.1 Å². The van der Waals surface area contributed by atoms with Gasteiger partial charge in [-0.3, -0.25) is 14.3 Å². The van der Waals surface area contributed by atoms with Crippen LogP contribution in [0.2, 0.25) is 0 Å². The minimum Gasteiger partial charge on any atom is -0.447 e. The van der Waals surface area contributed by atoms with Crippen LogP contribution < -0.4 is 5.32 Å². The first kappa shape index (κ1) is 18.8. The van der Waals surface area contributed by atoms with Gasteiger partial charge in [0.05, 0.1) is 15.9 Å². The Hall–Kier alpha value is -2.98. The Balaban J connectivity index is 1.93. The number of non-ortho nitro benzene ring substituents is 1. The first-order valence-corrected chi connectivity index (χ1v) is 9.35. The second-order valence-corrected chi connectivity index (χ2v) is 7.55. The summed E-state index contributed by atoms with van der Waals surface area (Å²) < 4.78 is 35.5. The molecule has 3 rings (SSSR count). The second-order valence-electron chi connectivity index (χ2n) is 5.98. The fourth-order valence-corrected chi connectivity index (χ4v) is 3.70. The molecule has 1 aliphatic heterocycles. The largest absolute Gasteiger partial charge is 0.447 e. The van der Waals surface area contributed by atoms with E-state index < -0.39 is 33.3 Å². The number of nitrogens with zero attached hydrogens (tertiary/aromatic N) is 1. The number of carbonyl (C=O) groups is 1. The number of nitro benzene ring substituents is 1. The normalized spacial score (nSPS) is 17.8. The lowest BCUT2D eigenvalue weighted by Gasteiger charge is -2.22. The fraction of sp³-hybridized carbons (Fsp3) is 0.235. The molecular formula is C17H16N2O7S. The van der Waals surface area contributed by atoms with Crippen molar-refractivity contribution in [1.82, 2.24) is 5.32 Å². The number of amides is 1. The molecule has 0 aliphatic carbocycles. The van der Waals surface area contributed by atoms with Gasteiger partial charge in [-0.1, -0.05) is 17.7 Å². The van der Waals surface area contributed by atoms with Crippen molar-refractivity contribution in [3.8, 4) is 0 Å². The summed E-state index contributed by atoms with van der Waals surface area (Å²) in [5, 5.41) is 13.3. The van der Waals surface area contributed by atoms with Crippen LogP contribution in [0.5, 0.6) is 0 Å². The van der Waals surface area contributed by atoms with E-state index in [0.717, 1.165) is 5.56 Å². The third kappa shape index (κ3) is 4.23. The zero-order chi connectivity index (χ0) is 19.6. The van der Waals surface area contributed by atoms with Gasteiger partial charge in [-0.05, 0) is 36.8 Å². The van der Waals surface area contributed by atoms with Gasteiger partial charge in [0, 0.05) is 12.1 Å². The quantitative estimate of drug-likeness (QED) is 0.455. The van der Waals surface area contributed by atoms with Crippen LogP contribution in [0.3, 0.4) is 0 Å². The maximum absolute atomic E-state index is 12.7. The van der Waals surface area contributed by atoms with Crippen LogP contribution >= 0.6 is 0 Å². The lowest BCUT2D eigenvalue weighted by Crippen LogP contribution is -2.35. The van der Waals surface area contributed by atoms with Crippen molar-refractivity contribution in [2.45, 2.75) is 24.0 Å². The van der Waals surface area contributed by atoms with E-state index in [-0.39, 0.29) is 17.2 Å². The van der Waals surface area contributed by atoms with Gasteiger partial charge in [-0.2, -0.15) is 8.42 Å². The highest BCUT2D eigenvalue weighted by Crippen LogP contribution is 2.30. The molecule has 1 amide bonds. The molecule has 2 aromatic carbocycles. The Morgan fingerprint density at radius 1 is 1.19 bits per heavy atom. The Kier molecular flexibility index (Phi) is 5.10. The predicted octanol–water partition coefficient (Wildman–Crippen LogP) is 2.46. The lowest BCUT2D eigenvalue weighted by atomic mass is 10.0. The Labute approximate surface area is 155 Å². The van der Waals surface area contributed by atoms with Crippen molar-refractivity contribution >= 4 is 21.9 Å². The number of carbonyl (C=O) groups excluding carboxylic acids is 1. The molecule has 2 atom stereocenters. The molecule has 1 saturated heterocycles. The van der Waals surface area contributed by atoms with E-state index >= 15 is 0 Å². The standard InChI is InChI=1S/C17H16N2O7S/c1-11-2-8-14(9-3-11)27(23,24)26-16(15-10-25-17(20)18-15)12-4-6-13(7-5-12)19(21)22/h2-9,15-16H,10H2,1H3,(H,18,20)/t15-,16-/m0/s1. The highest BCUT2D eigenvalue weighted by molar-refractivity contribution is 7.86. The van der Waals surface area contributed by atoms with E-state index in [0.29, 0.717) is 5.56 Å². The van der Waals surface area contributed by atoms with E-state index in [9.17, 15) is 23.3 Å². The molecule has 0 radical (unpaired) electrons. The summed E-state index contributed by atoms with van der Waals surface area (Å²) in [6.07, 6.45) is -1.80. The Morgan fingerprint density at radius 3 is 2.33 bits per heavy atom. The molecule has 0 aromatic heterocycles. The molecule has 142 valence electrons. The van der Waals surface area contributed by atoms with Crippen molar-refractivity contribution < 1.29 is 27.1 Å². The highest BCUT2D eigenvalue weighted by Gasteiger charge is 2.36. The van der Waals surface area contributed by atoms with Crippen molar-refractivity contribution in [3.05, 3.63) is 69.8 Å². The van der Waals surface area contributed by atoms with Gasteiger partial charge in [0.2, 0.25) is 0 Å². The minimum absolute atomic E-state index is 0.0368. The summed E-state index contributed by atoms with van der Waals surface area (Å²) >= 11 is 0. The molecular weight excluding hydrogens is 376 g/mol. The van der Waals surface area contributed by atoms with Crippen LogP contribution in [0, 0.1) is 17.0 Å². The summed E-state index contributed by atoms with van der Waals surface area (Å²) in [4.78, 5) is 21.6. The molecule has 27 heavy (non-hydrogen) atoms. The first-order chi connectivity index (χ1) is 12.8. The third-order valence-electron chi connectivity index (χ3n) is 4.04. The zero-order valence-corrected chi connectivity index (χ0v) is 15.0. The topological polar surface area (TPSA) is 125 Å². The molecule has 0 spiro atoms. The van der Waals surface area contributed by atoms with E-state index in [4.69, 9.17) is 8.92 Å². The Morgan fingerprint density at radius 2 is 1.81 bits per heavy atom. The number of hydrogen-bond acceptors (Lipinski definition) is 7. The van der Waals surface area contributed by atoms with Crippen LogP contribution in [0.1, 0.15) is 17.2 Å². The van der Waals surface area contributed by atoms with Crippen LogP contribution in [-0.4, -0.2) is 32.1 Å². The van der Waals surface area contributed by atoms with Crippen LogP contribution in [0.4, 0.5) is 10.5 Å². The summed E-state index contributed by atoms with van der Waals surface area (Å²) in [5.41, 5.74) is 1.09. The maximum Gasteiger partial charge on any atom is 0.407 e. The monoisotopic (exact) mass is 392 g/mol. The average Bonchev–Trinajstić information content (AvgIpc) is 3.06. The molecule has 1 fully saturated rings. The molecule has 0 saturated carbocycles. The fourth-order valence-electron chi connectivity index (χ4n) is 2.60. The zero-order valence-electron chi connectivity index (χ0n) is 14.2. The smallest absolute Gasteiger partial charge is 0.407 e. The summed E-state index contributed by atoms with van der Waals surface area (Å²) in [5.74, 6) is 0. The molecule has 10 heteroatoms. The maximum atomic E-state index is 12.7. The van der Waals surface area contributed by atoms with Gasteiger partial charge in [-0.25, -0.2) is 4.79 Å². The van der Waals surface area contributed by atoms with Crippen molar-refractivity contribution in [1.29, 1.82) is 0 Å². The molecule has 1 N–H and O–H groups in total. The van der Waals surface area contributed by atoms with Gasteiger partial charge >= 0.3 is 6.09 Å². The average molecular weight is 392 g/mol. The third-order valence-corrected chi connectivity index (χ3v) is 5.35. The molecule has 2 aromatic rings. The number of ether oxygens (including phenoxy) is 1. The SMILES string of the molecule is Cc1ccc(S(=O)(=O)O[C@@H](c2ccc([N+](=O)[O-])cc2)[C@@H]2COC(=O)N2)cc1. The van der Waals surface area contributed by atoms with Crippen LogP contribution in [0.15, 0.2) is 53.4 Å². The number of nitro groups is 1. The Bertz CT molecular complexity index is 956. The van der Waals surface area contributed by atoms with E-state index in [1.54, 1.807) is 12.1 Å². The summed E-state index contributed by atoms with van der Waals surface area (Å²) in [6.45, 7) is 1.73. The molecule has 0 bridgehead atoms. The molecule has 1 heterocycles. The second kappa shape index (κ2) is 7.33. The number of alkyl carbamates (subject to hydrolysis) is 1.